The second kappa shape index (κ2) is 11.8. The Bertz CT molecular complexity index is 924. The van der Waals surface area contributed by atoms with Crippen LogP contribution in [0.1, 0.15) is 76.7 Å². The summed E-state index contributed by atoms with van der Waals surface area (Å²) in [6.07, 6.45) is 9.21. The molecular formula is C25H31NO4S2. The van der Waals surface area contributed by atoms with Crippen LogP contribution in [0.15, 0.2) is 29.2 Å². The Morgan fingerprint density at radius 1 is 1.03 bits per heavy atom. The summed E-state index contributed by atoms with van der Waals surface area (Å²) in [6.45, 7) is 2.51. The number of rotatable bonds is 12. The van der Waals surface area contributed by atoms with E-state index >= 15 is 0 Å². The van der Waals surface area contributed by atoms with E-state index in [1.54, 1.807) is 4.90 Å². The number of hydrogen-bond donors (Lipinski definition) is 1. The van der Waals surface area contributed by atoms with Gasteiger partial charge in [-0.25, -0.2) is 0 Å². The first-order valence-electron chi connectivity index (χ1n) is 11.6. The molecule has 32 heavy (non-hydrogen) atoms. The predicted octanol–water partition coefficient (Wildman–Crippen LogP) is 6.01. The van der Waals surface area contributed by atoms with Crippen LogP contribution in [0, 0.1) is 5.92 Å². The smallest absolute Gasteiger partial charge is 0.303 e. The van der Waals surface area contributed by atoms with Gasteiger partial charge in [-0.05, 0) is 25.8 Å². The highest BCUT2D eigenvalue weighted by atomic mass is 32.2. The average Bonchev–Trinajstić information content (AvgIpc) is 3.21. The Morgan fingerprint density at radius 2 is 1.66 bits per heavy atom. The Hall–Kier alpha value is -1.99. The molecule has 2 aliphatic heterocycles. The van der Waals surface area contributed by atoms with Crippen molar-refractivity contribution in [1.29, 1.82) is 0 Å². The lowest BCUT2D eigenvalue weighted by atomic mass is 9.95. The van der Waals surface area contributed by atoms with Gasteiger partial charge in [0.1, 0.15) is 0 Å². The Balaban J connectivity index is 1.50. The first-order chi connectivity index (χ1) is 15.5. The number of para-hydroxylation sites is 1. The number of Topliss-reactive ketones (excluding diaryl/α,β-unsaturated/α-hetero) is 1. The maximum absolute atomic E-state index is 13.2. The number of thioether (sulfide) groups is 1. The number of aliphatic carboxylic acids is 1. The molecule has 1 aromatic rings. The maximum atomic E-state index is 13.2. The fourth-order valence-corrected chi connectivity index (χ4v) is 5.99. The number of likely N-dealkylation sites (N-methyl/N-ethyl adjacent to an activating group) is 1. The number of allylic oxidation sites excluding steroid dienone is 1. The summed E-state index contributed by atoms with van der Waals surface area (Å²) >= 11 is 6.86. The second-order valence-corrected chi connectivity index (χ2v) is 10.1. The van der Waals surface area contributed by atoms with Crippen molar-refractivity contribution < 1.29 is 19.5 Å². The van der Waals surface area contributed by atoms with E-state index in [0.717, 1.165) is 69.0 Å². The van der Waals surface area contributed by atoms with E-state index in [1.165, 1.54) is 11.8 Å². The lowest BCUT2D eigenvalue weighted by Crippen LogP contribution is -2.26. The zero-order chi connectivity index (χ0) is 23.1. The minimum atomic E-state index is -0.717. The molecule has 2 heterocycles. The molecule has 5 nitrogen and oxygen atoms in total. The van der Waals surface area contributed by atoms with Gasteiger partial charge in [-0.3, -0.25) is 14.4 Å². The third-order valence-corrected chi connectivity index (χ3v) is 7.76. The largest absolute Gasteiger partial charge is 0.481 e. The molecule has 1 amide bonds. The molecule has 0 spiro atoms. The molecule has 2 aliphatic rings. The van der Waals surface area contributed by atoms with Crippen LogP contribution in [-0.4, -0.2) is 33.5 Å². The van der Waals surface area contributed by atoms with Crippen LogP contribution in [0.5, 0.6) is 0 Å². The number of amides is 1. The summed E-state index contributed by atoms with van der Waals surface area (Å²) in [5.74, 6) is -1.08. The molecule has 0 saturated carbocycles. The number of benzene rings is 1. The molecule has 1 unspecified atom stereocenters. The van der Waals surface area contributed by atoms with Crippen molar-refractivity contribution in [2.24, 2.45) is 5.92 Å². The molecule has 0 radical (unpaired) electrons. The molecule has 1 atom stereocenters. The number of fused-ring (bicyclic) bond motifs is 1. The van der Waals surface area contributed by atoms with E-state index in [4.69, 9.17) is 17.3 Å². The maximum Gasteiger partial charge on any atom is 0.303 e. The summed E-state index contributed by atoms with van der Waals surface area (Å²) in [5.41, 5.74) is 2.22. The molecule has 172 valence electrons. The molecule has 3 rings (SSSR count). The fourth-order valence-electron chi connectivity index (χ4n) is 4.41. The average molecular weight is 474 g/mol. The highest BCUT2D eigenvalue weighted by molar-refractivity contribution is 8.27. The van der Waals surface area contributed by atoms with E-state index in [2.05, 4.69) is 0 Å². The fraction of sp³-hybridized carbons (Fsp3) is 0.520. The number of anilines is 1. The van der Waals surface area contributed by atoms with Crippen molar-refractivity contribution in [3.8, 4) is 0 Å². The summed E-state index contributed by atoms with van der Waals surface area (Å²) in [6, 6.07) is 7.65. The van der Waals surface area contributed by atoms with E-state index in [-0.39, 0.29) is 24.0 Å². The minimum absolute atomic E-state index is 0.00883. The molecular weight excluding hydrogens is 442 g/mol. The number of unbranched alkanes of at least 4 members (excludes halogenated alkanes) is 7. The molecule has 1 aromatic carbocycles. The molecule has 0 aliphatic carbocycles. The highest BCUT2D eigenvalue weighted by Gasteiger charge is 2.42. The van der Waals surface area contributed by atoms with Crippen LogP contribution < -0.4 is 4.90 Å². The monoisotopic (exact) mass is 473 g/mol. The van der Waals surface area contributed by atoms with Crippen molar-refractivity contribution in [1.82, 2.24) is 0 Å². The van der Waals surface area contributed by atoms with Crippen molar-refractivity contribution in [3.63, 3.8) is 0 Å². The molecule has 1 fully saturated rings. The number of carboxylic acids is 1. The number of carboxylic acid groups (broad SMARTS) is 1. The quantitative estimate of drug-likeness (QED) is 0.228. The topological polar surface area (TPSA) is 74.7 Å². The minimum Gasteiger partial charge on any atom is -0.481 e. The Kier molecular flexibility index (Phi) is 9.05. The number of nitrogens with zero attached hydrogens (tertiary/aromatic N) is 1. The molecule has 0 bridgehead atoms. The predicted molar refractivity (Wildman–Crippen MR) is 134 cm³/mol. The zero-order valence-corrected chi connectivity index (χ0v) is 20.2. The third kappa shape index (κ3) is 5.67. The van der Waals surface area contributed by atoms with Crippen LogP contribution in [0.3, 0.4) is 0 Å². The van der Waals surface area contributed by atoms with E-state index in [0.29, 0.717) is 21.2 Å². The zero-order valence-electron chi connectivity index (χ0n) is 18.6. The SMILES string of the molecule is CCN1C(=O)/C(=C2\SC(=S)C(CCCCCCCCCCC(=O)O)C2=O)c2ccccc21. The van der Waals surface area contributed by atoms with Crippen LogP contribution in [-0.2, 0) is 14.4 Å². The summed E-state index contributed by atoms with van der Waals surface area (Å²) in [5, 5.41) is 8.64. The second-order valence-electron chi connectivity index (χ2n) is 8.37. The van der Waals surface area contributed by atoms with Crippen LogP contribution in [0.25, 0.3) is 5.57 Å². The number of carbonyl (C=O) groups excluding carboxylic acids is 2. The Labute approximate surface area is 199 Å². The van der Waals surface area contributed by atoms with Crippen molar-refractivity contribution >= 4 is 57.1 Å². The first kappa shape index (κ1) is 24.6. The van der Waals surface area contributed by atoms with Crippen molar-refractivity contribution in [2.75, 3.05) is 11.4 Å². The molecule has 1 N–H and O–H groups in total. The van der Waals surface area contributed by atoms with Gasteiger partial charge in [0.2, 0.25) is 0 Å². The molecule has 1 saturated heterocycles. The number of ketones is 1. The van der Waals surface area contributed by atoms with Crippen LogP contribution >= 0.6 is 24.0 Å². The van der Waals surface area contributed by atoms with Gasteiger partial charge < -0.3 is 10.0 Å². The number of carbonyl (C=O) groups is 3. The molecule has 0 aromatic heterocycles. The lowest BCUT2D eigenvalue weighted by molar-refractivity contribution is -0.137. The van der Waals surface area contributed by atoms with Crippen molar-refractivity contribution in [2.45, 2.75) is 71.1 Å². The van der Waals surface area contributed by atoms with Gasteiger partial charge in [0.25, 0.3) is 5.91 Å². The normalized spacial score (nSPS) is 20.3. The van der Waals surface area contributed by atoms with Gasteiger partial charge in [-0.2, -0.15) is 0 Å². The number of thiocarbonyl (C=S) groups is 1. The molecule has 7 heteroatoms. The van der Waals surface area contributed by atoms with Gasteiger partial charge >= 0.3 is 5.97 Å². The summed E-state index contributed by atoms with van der Waals surface area (Å²) in [7, 11) is 0. The highest BCUT2D eigenvalue weighted by Crippen LogP contribution is 2.46. The Morgan fingerprint density at radius 3 is 2.31 bits per heavy atom. The lowest BCUT2D eigenvalue weighted by Gasteiger charge is -2.13. The standard InChI is InChI=1S/C25H31NO4S2/c1-2-26-19-15-12-11-13-17(19)21(24(26)30)23-22(29)18(25(31)32-23)14-9-7-5-3-4-6-8-10-16-20(27)28/h11-13,15,18H,2-10,14,16H2,1H3,(H,27,28)/b23-21-. The summed E-state index contributed by atoms with van der Waals surface area (Å²) < 4.78 is 0.691. The van der Waals surface area contributed by atoms with Gasteiger partial charge in [-0.1, -0.05) is 87.1 Å². The van der Waals surface area contributed by atoms with Crippen molar-refractivity contribution in [3.05, 3.63) is 34.7 Å². The number of hydrogen-bond acceptors (Lipinski definition) is 5. The third-order valence-electron chi connectivity index (χ3n) is 6.13. The van der Waals surface area contributed by atoms with Crippen LogP contribution in [0.4, 0.5) is 5.69 Å². The first-order valence-corrected chi connectivity index (χ1v) is 12.8. The van der Waals surface area contributed by atoms with Gasteiger partial charge in [-0.15, -0.1) is 0 Å². The van der Waals surface area contributed by atoms with Crippen LogP contribution in [0.2, 0.25) is 0 Å². The van der Waals surface area contributed by atoms with Gasteiger partial charge in [0, 0.05) is 18.5 Å². The van der Waals surface area contributed by atoms with E-state index in [9.17, 15) is 14.4 Å². The van der Waals surface area contributed by atoms with E-state index < -0.39 is 5.97 Å². The van der Waals surface area contributed by atoms with E-state index in [1.807, 2.05) is 31.2 Å². The van der Waals surface area contributed by atoms with Gasteiger partial charge in [0.15, 0.2) is 5.78 Å². The van der Waals surface area contributed by atoms with Gasteiger partial charge in [0.05, 0.1) is 26.3 Å². The summed E-state index contributed by atoms with van der Waals surface area (Å²) in [4.78, 5) is 39.0.